The Morgan fingerprint density at radius 1 is 0.714 bits per heavy atom. The molecule has 200 valence electrons. The van der Waals surface area contributed by atoms with Crippen LogP contribution in [0, 0.1) is 0 Å². The quantitative estimate of drug-likeness (QED) is 0.226. The minimum Gasteiger partial charge on any atom is -0.508 e. The van der Waals surface area contributed by atoms with Crippen LogP contribution in [0.15, 0.2) is 57.5 Å². The van der Waals surface area contributed by atoms with Gasteiger partial charge in [0.15, 0.2) is 6.35 Å². The van der Waals surface area contributed by atoms with Crippen LogP contribution >= 0.6 is 47.1 Å². The third-order valence-electron chi connectivity index (χ3n) is 3.68. The number of benzene rings is 2. The minimum absolute atomic E-state index is 0.0782. The predicted octanol–water partition coefficient (Wildman–Crippen LogP) is 8.48. The van der Waals surface area contributed by atoms with Gasteiger partial charge in [0.1, 0.15) is 11.5 Å². The summed E-state index contributed by atoms with van der Waals surface area (Å²) in [6.07, 6.45) is 0.375. The van der Waals surface area contributed by atoms with Crippen LogP contribution < -0.4 is 4.74 Å². The summed E-state index contributed by atoms with van der Waals surface area (Å²) in [6.45, 7) is 10.5. The van der Waals surface area contributed by atoms with Crippen molar-refractivity contribution in [3.8, 4) is 11.5 Å². The van der Waals surface area contributed by atoms with Gasteiger partial charge in [0.25, 0.3) is 0 Å². The van der Waals surface area contributed by atoms with E-state index in [1.54, 1.807) is 65.0 Å². The lowest BCUT2D eigenvalue weighted by atomic mass is 10.3. The van der Waals surface area contributed by atoms with Crippen molar-refractivity contribution >= 4 is 47.1 Å². The summed E-state index contributed by atoms with van der Waals surface area (Å²) in [7, 11) is -5.84. The van der Waals surface area contributed by atoms with Gasteiger partial charge in [-0.25, -0.2) is 0 Å². The lowest BCUT2D eigenvalue weighted by Crippen LogP contribution is -2.05. The van der Waals surface area contributed by atoms with Gasteiger partial charge in [0, 0.05) is 15.1 Å². The third-order valence-corrected chi connectivity index (χ3v) is 8.50. The topological polar surface area (TPSA) is 101 Å². The summed E-state index contributed by atoms with van der Waals surface area (Å²) in [6, 6.07) is 14.2. The first-order valence-corrected chi connectivity index (χ1v) is 16.2. The second-order valence-electron chi connectivity index (χ2n) is 6.42. The molecule has 2 rings (SSSR count). The van der Waals surface area contributed by atoms with Crippen LogP contribution in [0.25, 0.3) is 0 Å². The van der Waals surface area contributed by atoms with Gasteiger partial charge in [-0.3, -0.25) is 9.13 Å². The number of phenols is 1. The van der Waals surface area contributed by atoms with E-state index in [4.69, 9.17) is 27.9 Å². The molecule has 0 unspecified atom stereocenters. The summed E-state index contributed by atoms with van der Waals surface area (Å²) >= 11 is 6.53. The first kappa shape index (κ1) is 34.3. The molecule has 0 aromatic heterocycles. The maximum absolute atomic E-state index is 12.1. The van der Waals surface area contributed by atoms with E-state index in [1.807, 2.05) is 18.2 Å². The van der Waals surface area contributed by atoms with E-state index >= 15 is 0 Å². The molecule has 0 aliphatic heterocycles. The number of halogens is 2. The Balaban J connectivity index is 0.000000544. The highest BCUT2D eigenvalue weighted by Gasteiger charge is 2.24. The lowest BCUT2D eigenvalue weighted by Gasteiger charge is -2.17. The molecule has 0 amide bonds. The van der Waals surface area contributed by atoms with Crippen molar-refractivity contribution in [2.24, 2.45) is 0 Å². The number of rotatable bonds is 12. The van der Waals surface area contributed by atoms with Crippen LogP contribution in [-0.4, -0.2) is 44.0 Å². The van der Waals surface area contributed by atoms with Gasteiger partial charge in [-0.1, -0.05) is 50.9 Å². The molecule has 0 saturated carbocycles. The highest BCUT2D eigenvalue weighted by molar-refractivity contribution is 9.10. The number of aromatic hydroxyl groups is 1. The Hall–Kier alpha value is -0.700. The minimum atomic E-state index is -3.14. The largest absolute Gasteiger partial charge is 0.508 e. The van der Waals surface area contributed by atoms with Gasteiger partial charge in [-0.2, -0.15) is 0 Å². The summed E-state index contributed by atoms with van der Waals surface area (Å²) < 4.78 is 50.8. The maximum Gasteiger partial charge on any atom is 0.367 e. The van der Waals surface area contributed by atoms with Crippen LogP contribution in [0.1, 0.15) is 34.6 Å². The molecule has 35 heavy (non-hydrogen) atoms. The fourth-order valence-electron chi connectivity index (χ4n) is 2.30. The van der Waals surface area contributed by atoms with E-state index < -0.39 is 15.2 Å². The van der Waals surface area contributed by atoms with Crippen LogP contribution in [0.5, 0.6) is 11.5 Å². The predicted molar refractivity (Wildman–Crippen MR) is 148 cm³/mol. The van der Waals surface area contributed by atoms with Crippen molar-refractivity contribution in [1.82, 2.24) is 0 Å². The van der Waals surface area contributed by atoms with Crippen molar-refractivity contribution in [3.05, 3.63) is 57.5 Å². The molecule has 2 aromatic carbocycles. The van der Waals surface area contributed by atoms with E-state index in [-0.39, 0.29) is 6.35 Å². The highest BCUT2D eigenvalue weighted by Crippen LogP contribution is 2.48. The van der Waals surface area contributed by atoms with Crippen molar-refractivity contribution in [2.75, 3.05) is 38.9 Å². The average molecular weight is 662 g/mol. The molecular formula is C23H36Br2O8P2. The molecule has 2 aromatic rings. The summed E-state index contributed by atoms with van der Waals surface area (Å²) in [4.78, 5) is 0. The van der Waals surface area contributed by atoms with Gasteiger partial charge in [-0.05, 0) is 64.1 Å². The van der Waals surface area contributed by atoms with Gasteiger partial charge >= 0.3 is 15.2 Å². The standard InChI is InChI=1S/C11H16BrO4P.C6H5BrO.C6H15O3P/c1-3-15-17(13,16-4-2)9-14-11-7-5-6-10(12)8-11;7-5-2-1-3-6(8)4-5;1-4-8-10(7,6-3)9-5-2/h5-8H,3-4,9H2,1-2H3;1-4,8H;4-6H2,1-3H3. The first-order valence-electron chi connectivity index (χ1n) is 11.2. The Bertz CT molecular complexity index is 893. The van der Waals surface area contributed by atoms with Crippen LogP contribution in [0.2, 0.25) is 0 Å². The fourth-order valence-corrected chi connectivity index (χ4v) is 5.61. The van der Waals surface area contributed by atoms with E-state index in [1.165, 1.54) is 0 Å². The molecule has 0 fully saturated rings. The normalized spacial score (nSPS) is 11.1. The van der Waals surface area contributed by atoms with Crippen molar-refractivity contribution < 1.29 is 37.1 Å². The number of hydrogen-bond donors (Lipinski definition) is 1. The lowest BCUT2D eigenvalue weighted by molar-refractivity contribution is 0.197. The third kappa shape index (κ3) is 16.6. The van der Waals surface area contributed by atoms with E-state index in [2.05, 4.69) is 31.9 Å². The van der Waals surface area contributed by atoms with Gasteiger partial charge in [-0.15, -0.1) is 0 Å². The Kier molecular flexibility index (Phi) is 19.0. The van der Waals surface area contributed by atoms with Crippen molar-refractivity contribution in [1.29, 1.82) is 0 Å². The SMILES string of the molecule is CCOP(=O)(CC)OCC.CCOP(=O)(COc1cccc(Br)c1)OCC.Oc1cccc(Br)c1. The van der Waals surface area contributed by atoms with Crippen LogP contribution in [-0.2, 0) is 27.2 Å². The molecule has 0 atom stereocenters. The second-order valence-corrected chi connectivity index (χ2v) is 12.6. The molecule has 0 saturated heterocycles. The van der Waals surface area contributed by atoms with Crippen LogP contribution in [0.4, 0.5) is 0 Å². The maximum atomic E-state index is 12.1. The molecule has 0 aliphatic rings. The molecular weight excluding hydrogens is 626 g/mol. The molecule has 12 heteroatoms. The molecule has 8 nitrogen and oxygen atoms in total. The second kappa shape index (κ2) is 19.4. The molecule has 0 aliphatic carbocycles. The fraction of sp³-hybridized carbons (Fsp3) is 0.478. The Morgan fingerprint density at radius 3 is 1.54 bits per heavy atom. The van der Waals surface area contributed by atoms with Crippen LogP contribution in [0.3, 0.4) is 0 Å². The molecule has 1 N–H and O–H groups in total. The number of phenolic OH excluding ortho intramolecular Hbond substituents is 1. The molecule has 0 heterocycles. The van der Waals surface area contributed by atoms with E-state index in [9.17, 15) is 9.13 Å². The zero-order chi connectivity index (χ0) is 26.7. The van der Waals surface area contributed by atoms with Gasteiger partial charge in [0.2, 0.25) is 0 Å². The summed E-state index contributed by atoms with van der Waals surface area (Å²) in [5.74, 6) is 0.915. The van der Waals surface area contributed by atoms with Crippen molar-refractivity contribution in [2.45, 2.75) is 34.6 Å². The van der Waals surface area contributed by atoms with E-state index in [0.717, 1.165) is 8.95 Å². The zero-order valence-electron chi connectivity index (χ0n) is 20.8. The first-order chi connectivity index (χ1) is 16.6. The molecule has 0 radical (unpaired) electrons. The van der Waals surface area contributed by atoms with E-state index in [0.29, 0.717) is 44.1 Å². The summed E-state index contributed by atoms with van der Waals surface area (Å²) in [5.41, 5.74) is 0. The monoisotopic (exact) mass is 660 g/mol. The Morgan fingerprint density at radius 2 is 1.17 bits per heavy atom. The zero-order valence-corrected chi connectivity index (χ0v) is 25.8. The Labute approximate surface area is 226 Å². The van der Waals surface area contributed by atoms with Gasteiger partial charge < -0.3 is 27.9 Å². The number of hydrogen-bond acceptors (Lipinski definition) is 8. The van der Waals surface area contributed by atoms with Gasteiger partial charge in [0.05, 0.1) is 26.4 Å². The molecule has 0 spiro atoms. The molecule has 0 bridgehead atoms. The summed E-state index contributed by atoms with van der Waals surface area (Å²) in [5, 5.41) is 8.78. The van der Waals surface area contributed by atoms with Crippen molar-refractivity contribution in [3.63, 3.8) is 0 Å². The average Bonchev–Trinajstić information content (AvgIpc) is 2.79. The number of ether oxygens (including phenoxy) is 1. The smallest absolute Gasteiger partial charge is 0.367 e. The highest BCUT2D eigenvalue weighted by atomic mass is 79.9.